The van der Waals surface area contributed by atoms with Crippen molar-refractivity contribution in [2.75, 3.05) is 41.9 Å². The van der Waals surface area contributed by atoms with Crippen molar-refractivity contribution in [2.24, 2.45) is 23.7 Å². The summed E-state index contributed by atoms with van der Waals surface area (Å²) in [5.74, 6) is -3.70. The van der Waals surface area contributed by atoms with E-state index in [1.54, 1.807) is 48.5 Å². The molecule has 3 saturated heterocycles. The number of esters is 1. The zero-order chi connectivity index (χ0) is 41.2. The fraction of sp³-hybridized carbons (Fsp3) is 0.974. The number of carbonyl (C=O) groups is 1. The second kappa shape index (κ2) is 18.7. The molecule has 318 valence electrons. The molecule has 3 aliphatic heterocycles. The fourth-order valence-electron chi connectivity index (χ4n) is 9.61. The first-order chi connectivity index (χ1) is 24.9. The van der Waals surface area contributed by atoms with Crippen LogP contribution in [-0.4, -0.2) is 179 Å². The number of aliphatic hydroxyl groups excluding tert-OH is 4. The smallest absolute Gasteiger partial charge is 0.311 e. The van der Waals surface area contributed by atoms with Gasteiger partial charge in [-0.1, -0.05) is 27.7 Å². The maximum Gasteiger partial charge on any atom is 0.311 e. The van der Waals surface area contributed by atoms with Crippen molar-refractivity contribution >= 4 is 5.97 Å². The molecule has 3 fully saturated rings. The molecule has 0 aromatic heterocycles. The van der Waals surface area contributed by atoms with E-state index in [-0.39, 0.29) is 37.3 Å². The zero-order valence-electron chi connectivity index (χ0n) is 35.2. The van der Waals surface area contributed by atoms with Crippen LogP contribution in [0.4, 0.5) is 0 Å². The molecule has 15 nitrogen and oxygen atoms in total. The molecule has 0 radical (unpaired) electrons. The maximum atomic E-state index is 14.3. The lowest BCUT2D eigenvalue weighted by Crippen LogP contribution is -2.63. The van der Waals surface area contributed by atoms with E-state index in [0.29, 0.717) is 6.42 Å². The third kappa shape index (κ3) is 9.96. The number of hydrogen-bond donors (Lipinski definition) is 6. The summed E-state index contributed by atoms with van der Waals surface area (Å²) in [7, 11) is 8.91. The lowest BCUT2D eigenvalue weighted by atomic mass is 9.72. The van der Waals surface area contributed by atoms with Gasteiger partial charge in [-0.05, 0) is 88.0 Å². The number of nitrogens with zero attached hydrogens (tertiary/aromatic N) is 2. The molecule has 0 spiro atoms. The van der Waals surface area contributed by atoms with Crippen molar-refractivity contribution in [3.05, 3.63) is 0 Å². The fourth-order valence-corrected chi connectivity index (χ4v) is 9.61. The van der Waals surface area contributed by atoms with Gasteiger partial charge < -0.3 is 68.9 Å². The summed E-state index contributed by atoms with van der Waals surface area (Å²) >= 11 is 0. The van der Waals surface area contributed by atoms with Crippen molar-refractivity contribution < 1.29 is 63.9 Å². The molecule has 3 heterocycles. The molecule has 15 heteroatoms. The normalized spacial score (nSPS) is 49.1. The first-order valence-corrected chi connectivity index (χ1v) is 19.7. The molecule has 0 bridgehead atoms. The van der Waals surface area contributed by atoms with Crippen LogP contribution >= 0.6 is 0 Å². The second-order valence-corrected chi connectivity index (χ2v) is 17.6. The van der Waals surface area contributed by atoms with Crippen LogP contribution in [0.5, 0.6) is 0 Å². The zero-order valence-corrected chi connectivity index (χ0v) is 35.2. The third-order valence-corrected chi connectivity index (χ3v) is 12.7. The monoisotopic (exact) mass is 779 g/mol. The van der Waals surface area contributed by atoms with Crippen molar-refractivity contribution in [1.82, 2.24) is 9.80 Å². The highest BCUT2D eigenvalue weighted by Gasteiger charge is 2.54. The molecule has 6 N–H and O–H groups in total. The Bertz CT molecular complexity index is 1200. The molecule has 0 aromatic rings. The van der Waals surface area contributed by atoms with Crippen LogP contribution < -0.4 is 0 Å². The SMILES string of the molecule is CC[C@H]1OC(=O)[C@H](C)[C@@H](O[C@H]2C[C@@](C)(OC)[C@@H](O)[C@H](C)O2)[C@H](C)[C@@H](O[C@@H]2O[C@H](C)C[C@H](N(C)C)[C@H]2O)[C@@](C)(O)C[C@@H](C)[C@@H](N(C)C)[C@H](C)[C@@H](O)[C@@]1(O)CO. The minimum atomic E-state index is -2.22. The number of rotatable bonds is 9. The van der Waals surface area contributed by atoms with Gasteiger partial charge in [0.25, 0.3) is 0 Å². The van der Waals surface area contributed by atoms with E-state index in [9.17, 15) is 35.4 Å². The average molecular weight is 779 g/mol. The van der Waals surface area contributed by atoms with Gasteiger partial charge in [-0.2, -0.15) is 0 Å². The van der Waals surface area contributed by atoms with Crippen molar-refractivity contribution in [2.45, 2.75) is 178 Å². The van der Waals surface area contributed by atoms with Gasteiger partial charge in [0.2, 0.25) is 0 Å². The van der Waals surface area contributed by atoms with Gasteiger partial charge in [-0.25, -0.2) is 0 Å². The number of aliphatic hydroxyl groups is 6. The summed E-state index contributed by atoms with van der Waals surface area (Å²) in [6.45, 7) is 14.9. The lowest BCUT2D eigenvalue weighted by Gasteiger charge is -2.50. The van der Waals surface area contributed by atoms with Gasteiger partial charge in [0.15, 0.2) is 18.2 Å². The predicted molar refractivity (Wildman–Crippen MR) is 200 cm³/mol. The third-order valence-electron chi connectivity index (χ3n) is 12.7. The molecule has 0 aromatic carbocycles. The highest BCUT2D eigenvalue weighted by Crippen LogP contribution is 2.42. The Balaban J connectivity index is 2.24. The van der Waals surface area contributed by atoms with Crippen LogP contribution in [0.25, 0.3) is 0 Å². The number of carbonyl (C=O) groups excluding carboxylic acids is 1. The molecule has 3 rings (SSSR count). The molecular formula is C39H74N2O13. The Kier molecular flexibility index (Phi) is 16.4. The molecule has 0 amide bonds. The summed E-state index contributed by atoms with van der Waals surface area (Å²) in [6, 6.07) is -0.753. The van der Waals surface area contributed by atoms with E-state index in [1.165, 1.54) is 7.11 Å². The van der Waals surface area contributed by atoms with Gasteiger partial charge in [0, 0.05) is 37.5 Å². The van der Waals surface area contributed by atoms with Crippen molar-refractivity contribution in [1.29, 1.82) is 0 Å². The largest absolute Gasteiger partial charge is 0.459 e. The minimum absolute atomic E-state index is 0.0818. The Labute approximate surface area is 323 Å². The highest BCUT2D eigenvalue weighted by molar-refractivity contribution is 5.73. The molecule has 19 atom stereocenters. The van der Waals surface area contributed by atoms with E-state index in [0.717, 1.165) is 0 Å². The van der Waals surface area contributed by atoms with Crippen molar-refractivity contribution in [3.8, 4) is 0 Å². The van der Waals surface area contributed by atoms with Gasteiger partial charge in [-0.3, -0.25) is 4.79 Å². The topological polar surface area (TPSA) is 200 Å². The number of methoxy groups -OCH3 is 1. The number of hydrogen-bond acceptors (Lipinski definition) is 15. The van der Waals surface area contributed by atoms with E-state index in [2.05, 4.69) is 0 Å². The van der Waals surface area contributed by atoms with Crippen molar-refractivity contribution in [3.63, 3.8) is 0 Å². The second-order valence-electron chi connectivity index (χ2n) is 17.6. The number of cyclic esters (lactones) is 1. The molecule has 3 aliphatic rings. The number of likely N-dealkylation sites (N-methyl/N-ethyl adjacent to an activating group) is 1. The van der Waals surface area contributed by atoms with E-state index in [1.807, 2.05) is 51.8 Å². The quantitative estimate of drug-likeness (QED) is 0.182. The Morgan fingerprint density at radius 2 is 1.48 bits per heavy atom. The molecule has 0 saturated carbocycles. The van der Waals surface area contributed by atoms with Crippen LogP contribution in [-0.2, 0) is 33.2 Å². The van der Waals surface area contributed by atoms with E-state index < -0.39 is 108 Å². The van der Waals surface area contributed by atoms with Crippen LogP contribution in [0, 0.1) is 23.7 Å². The summed E-state index contributed by atoms with van der Waals surface area (Å²) in [6.07, 6.45) is -9.35. The maximum absolute atomic E-state index is 14.3. The predicted octanol–water partition coefficient (Wildman–Crippen LogP) is 1.12. The number of ether oxygens (including phenoxy) is 6. The highest BCUT2D eigenvalue weighted by atomic mass is 16.7. The Morgan fingerprint density at radius 3 is 2.00 bits per heavy atom. The molecular weight excluding hydrogens is 704 g/mol. The molecule has 0 aliphatic carbocycles. The van der Waals surface area contributed by atoms with E-state index in [4.69, 9.17) is 28.4 Å². The first-order valence-electron chi connectivity index (χ1n) is 19.7. The van der Waals surface area contributed by atoms with Crippen LogP contribution in [0.1, 0.15) is 88.0 Å². The minimum Gasteiger partial charge on any atom is -0.459 e. The Morgan fingerprint density at radius 1 is 0.870 bits per heavy atom. The van der Waals surface area contributed by atoms with Gasteiger partial charge in [-0.15, -0.1) is 0 Å². The first kappa shape index (κ1) is 47.3. The Hall–Kier alpha value is -1.05. The summed E-state index contributed by atoms with van der Waals surface area (Å²) in [5, 5.41) is 69.6. The molecule has 0 unspecified atom stereocenters. The summed E-state index contributed by atoms with van der Waals surface area (Å²) in [5.41, 5.74) is -4.93. The average Bonchev–Trinajstić information content (AvgIpc) is 3.09. The summed E-state index contributed by atoms with van der Waals surface area (Å²) < 4.78 is 37.5. The van der Waals surface area contributed by atoms with Gasteiger partial charge in [0.1, 0.15) is 18.3 Å². The van der Waals surface area contributed by atoms with Crippen LogP contribution in [0.2, 0.25) is 0 Å². The molecule has 54 heavy (non-hydrogen) atoms. The van der Waals surface area contributed by atoms with Crippen LogP contribution in [0.3, 0.4) is 0 Å². The standard InChI is InChI=1S/C39H74N2O13/c1-15-27-39(48,19-42)32(44)22(4)29(41(12)13)20(2)17-37(8,47)34(54-36-30(43)26(40(10)11)16-21(3)50-36)23(5)31(24(6)35(46)52-27)53-28-18-38(9,49-14)33(45)25(7)51-28/h20-34,36,42-45,47-48H,15-19H2,1-14H3/t20-,21-,22+,23+,24-,25+,26+,27-,28+,29-,30-,31+,32-,33+,34-,36+,37+,38-,39-/m1/s1. The summed E-state index contributed by atoms with van der Waals surface area (Å²) in [4.78, 5) is 18.1. The van der Waals surface area contributed by atoms with Crippen LogP contribution in [0.15, 0.2) is 0 Å². The lowest BCUT2D eigenvalue weighted by molar-refractivity contribution is -0.318. The van der Waals surface area contributed by atoms with Gasteiger partial charge >= 0.3 is 5.97 Å². The van der Waals surface area contributed by atoms with Gasteiger partial charge in [0.05, 0.1) is 54.2 Å². The van der Waals surface area contributed by atoms with E-state index >= 15 is 0 Å².